The molecule has 2 rings (SSSR count). The quantitative estimate of drug-likeness (QED) is 0.850. The van der Waals surface area contributed by atoms with Crippen LogP contribution >= 0.6 is 11.3 Å². The van der Waals surface area contributed by atoms with Crippen molar-refractivity contribution in [2.24, 2.45) is 0 Å². The highest BCUT2D eigenvalue weighted by atomic mass is 32.2. The molecule has 0 bridgehead atoms. The van der Waals surface area contributed by atoms with E-state index in [1.54, 1.807) is 41.7 Å². The van der Waals surface area contributed by atoms with Crippen LogP contribution in [-0.2, 0) is 21.1 Å². The fraction of sp³-hybridized carbons (Fsp3) is 0.267. The molecule has 2 aromatic rings. The normalized spacial score (nSPS) is 11.2. The van der Waals surface area contributed by atoms with Gasteiger partial charge in [0, 0.05) is 17.8 Å². The van der Waals surface area contributed by atoms with Gasteiger partial charge in [0.2, 0.25) is 5.91 Å². The summed E-state index contributed by atoms with van der Waals surface area (Å²) < 4.78 is 24.0. The van der Waals surface area contributed by atoms with Gasteiger partial charge < -0.3 is 5.32 Å². The molecular formula is C15H17NO3S2. The molecule has 1 N–H and O–H groups in total. The highest BCUT2D eigenvalue weighted by Gasteiger charge is 2.13. The predicted octanol–water partition coefficient (Wildman–Crippen LogP) is 2.27. The number of thiophene rings is 1. The molecule has 0 saturated heterocycles. The molecule has 1 aromatic heterocycles. The summed E-state index contributed by atoms with van der Waals surface area (Å²) in [6.45, 7) is 0.139. The van der Waals surface area contributed by atoms with Crippen LogP contribution in [0, 0.1) is 0 Å². The maximum atomic E-state index is 12.0. The molecule has 0 saturated carbocycles. The van der Waals surface area contributed by atoms with Gasteiger partial charge in [-0.2, -0.15) is 0 Å². The standard InChI is InChI=1S/C15H17NO3S2/c17-15(9-8-13-5-4-11-20-13)16-10-12-21(18,19)14-6-2-1-3-7-14/h1-7,11H,8-10,12H2,(H,16,17). The summed E-state index contributed by atoms with van der Waals surface area (Å²) in [6, 6.07) is 12.2. The minimum Gasteiger partial charge on any atom is -0.355 e. The van der Waals surface area contributed by atoms with Crippen LogP contribution in [0.1, 0.15) is 11.3 Å². The smallest absolute Gasteiger partial charge is 0.220 e. The molecule has 0 spiro atoms. The van der Waals surface area contributed by atoms with Gasteiger partial charge in [0.05, 0.1) is 10.6 Å². The summed E-state index contributed by atoms with van der Waals surface area (Å²) >= 11 is 1.61. The Morgan fingerprint density at radius 1 is 1.10 bits per heavy atom. The van der Waals surface area contributed by atoms with Gasteiger partial charge in [-0.05, 0) is 30.0 Å². The summed E-state index contributed by atoms with van der Waals surface area (Å²) in [6.07, 6.45) is 1.07. The molecule has 0 unspecified atom stereocenters. The van der Waals surface area contributed by atoms with Crippen molar-refractivity contribution in [3.8, 4) is 0 Å². The van der Waals surface area contributed by atoms with Gasteiger partial charge in [-0.3, -0.25) is 4.79 Å². The molecular weight excluding hydrogens is 306 g/mol. The molecule has 1 amide bonds. The number of hydrogen-bond acceptors (Lipinski definition) is 4. The fourth-order valence-corrected chi connectivity index (χ4v) is 3.74. The van der Waals surface area contributed by atoms with Crippen LogP contribution in [0.25, 0.3) is 0 Å². The third-order valence-corrected chi connectivity index (χ3v) is 5.64. The molecule has 6 heteroatoms. The van der Waals surface area contributed by atoms with Gasteiger partial charge in [0.1, 0.15) is 0 Å². The monoisotopic (exact) mass is 323 g/mol. The zero-order chi connectivity index (χ0) is 15.1. The number of aryl methyl sites for hydroxylation is 1. The second kappa shape index (κ2) is 7.38. The van der Waals surface area contributed by atoms with Crippen molar-refractivity contribution >= 4 is 27.1 Å². The Kier molecular flexibility index (Phi) is 5.52. The molecule has 0 aliphatic rings. The molecule has 21 heavy (non-hydrogen) atoms. The number of carbonyl (C=O) groups excluding carboxylic acids is 1. The molecule has 4 nitrogen and oxygen atoms in total. The van der Waals surface area contributed by atoms with Gasteiger partial charge in [-0.25, -0.2) is 8.42 Å². The SMILES string of the molecule is O=C(CCc1cccs1)NCCS(=O)(=O)c1ccccc1. The number of rotatable bonds is 7. The average Bonchev–Trinajstić information content (AvgIpc) is 2.99. The number of amides is 1. The molecule has 1 aromatic carbocycles. The van der Waals surface area contributed by atoms with Crippen LogP contribution in [-0.4, -0.2) is 26.6 Å². The van der Waals surface area contributed by atoms with Crippen LogP contribution in [0.3, 0.4) is 0 Å². The van der Waals surface area contributed by atoms with Gasteiger partial charge in [0.25, 0.3) is 0 Å². The highest BCUT2D eigenvalue weighted by Crippen LogP contribution is 2.11. The molecule has 1 heterocycles. The number of benzene rings is 1. The van der Waals surface area contributed by atoms with Crippen molar-refractivity contribution in [3.63, 3.8) is 0 Å². The van der Waals surface area contributed by atoms with Crippen molar-refractivity contribution in [1.29, 1.82) is 0 Å². The lowest BCUT2D eigenvalue weighted by Crippen LogP contribution is -2.29. The Hall–Kier alpha value is -1.66. The van der Waals surface area contributed by atoms with Gasteiger partial charge in [0.15, 0.2) is 9.84 Å². The molecule has 112 valence electrons. The van der Waals surface area contributed by atoms with E-state index in [2.05, 4.69) is 5.32 Å². The van der Waals surface area contributed by atoms with Crippen LogP contribution in [0.5, 0.6) is 0 Å². The molecule has 0 fully saturated rings. The largest absolute Gasteiger partial charge is 0.355 e. The Morgan fingerprint density at radius 2 is 1.86 bits per heavy atom. The van der Waals surface area contributed by atoms with E-state index in [1.165, 1.54) is 0 Å². The first kappa shape index (κ1) is 15.7. The summed E-state index contributed by atoms with van der Waals surface area (Å²) in [5.74, 6) is -0.200. The number of nitrogens with one attached hydrogen (secondary N) is 1. The van der Waals surface area contributed by atoms with E-state index >= 15 is 0 Å². The predicted molar refractivity (Wildman–Crippen MR) is 84.1 cm³/mol. The fourth-order valence-electron chi connectivity index (χ4n) is 1.85. The van der Waals surface area contributed by atoms with E-state index in [9.17, 15) is 13.2 Å². The first-order valence-electron chi connectivity index (χ1n) is 6.65. The van der Waals surface area contributed by atoms with Crippen LogP contribution in [0.2, 0.25) is 0 Å². The summed E-state index contributed by atoms with van der Waals surface area (Å²) in [7, 11) is -3.33. The van der Waals surface area contributed by atoms with E-state index in [1.807, 2.05) is 17.5 Å². The third kappa shape index (κ3) is 4.99. The second-order valence-corrected chi connectivity index (χ2v) is 7.70. The minimum atomic E-state index is -3.33. The highest BCUT2D eigenvalue weighted by molar-refractivity contribution is 7.91. The summed E-state index contributed by atoms with van der Waals surface area (Å²) in [5.41, 5.74) is 0. The molecule has 0 atom stereocenters. The van der Waals surface area contributed by atoms with Crippen molar-refractivity contribution in [3.05, 3.63) is 52.7 Å². The zero-order valence-electron chi connectivity index (χ0n) is 11.5. The van der Waals surface area contributed by atoms with Crippen LogP contribution < -0.4 is 5.32 Å². The van der Waals surface area contributed by atoms with Crippen molar-refractivity contribution in [2.75, 3.05) is 12.3 Å². The van der Waals surface area contributed by atoms with E-state index in [0.717, 1.165) is 4.88 Å². The van der Waals surface area contributed by atoms with E-state index < -0.39 is 9.84 Å². The average molecular weight is 323 g/mol. The Morgan fingerprint density at radius 3 is 2.52 bits per heavy atom. The molecule has 0 aliphatic carbocycles. The lowest BCUT2D eigenvalue weighted by molar-refractivity contribution is -0.120. The van der Waals surface area contributed by atoms with E-state index in [4.69, 9.17) is 0 Å². The minimum absolute atomic E-state index is 0.0816. The van der Waals surface area contributed by atoms with Crippen molar-refractivity contribution < 1.29 is 13.2 Å². The zero-order valence-corrected chi connectivity index (χ0v) is 13.1. The third-order valence-electron chi connectivity index (χ3n) is 2.97. The van der Waals surface area contributed by atoms with E-state index in [0.29, 0.717) is 12.8 Å². The topological polar surface area (TPSA) is 63.2 Å². The van der Waals surface area contributed by atoms with Gasteiger partial charge >= 0.3 is 0 Å². The second-order valence-electron chi connectivity index (χ2n) is 4.56. The lowest BCUT2D eigenvalue weighted by atomic mass is 10.2. The Bertz CT molecular complexity index is 664. The number of hydrogen-bond donors (Lipinski definition) is 1. The first-order valence-corrected chi connectivity index (χ1v) is 9.18. The van der Waals surface area contributed by atoms with Crippen LogP contribution in [0.15, 0.2) is 52.7 Å². The summed E-state index contributed by atoms with van der Waals surface area (Å²) in [5, 5.41) is 4.63. The van der Waals surface area contributed by atoms with Gasteiger partial charge in [-0.15, -0.1) is 11.3 Å². The van der Waals surface area contributed by atoms with Crippen molar-refractivity contribution in [1.82, 2.24) is 5.32 Å². The lowest BCUT2D eigenvalue weighted by Gasteiger charge is -2.06. The molecule has 0 radical (unpaired) electrons. The maximum Gasteiger partial charge on any atom is 0.220 e. The van der Waals surface area contributed by atoms with Gasteiger partial charge in [-0.1, -0.05) is 24.3 Å². The Labute approximate surface area is 128 Å². The summed E-state index contributed by atoms with van der Waals surface area (Å²) in [4.78, 5) is 13.1. The van der Waals surface area contributed by atoms with E-state index in [-0.39, 0.29) is 23.1 Å². The Balaban J connectivity index is 1.75. The first-order chi connectivity index (χ1) is 10.1. The maximum absolute atomic E-state index is 12.0. The van der Waals surface area contributed by atoms with Crippen molar-refractivity contribution in [2.45, 2.75) is 17.7 Å². The molecule has 0 aliphatic heterocycles. The number of carbonyl (C=O) groups is 1. The van der Waals surface area contributed by atoms with Crippen LogP contribution in [0.4, 0.5) is 0 Å². The number of sulfone groups is 1.